The van der Waals surface area contributed by atoms with Crippen molar-refractivity contribution in [3.8, 4) is 12.3 Å². The van der Waals surface area contributed by atoms with E-state index in [1.54, 1.807) is 0 Å². The Labute approximate surface area is 115 Å². The van der Waals surface area contributed by atoms with Crippen molar-refractivity contribution in [1.82, 2.24) is 10.2 Å². The number of nitrogens with one attached hydrogen (secondary N) is 1. The standard InChI is InChI=1S/C16H20N2O/c1-3-10-17-11-16(19)18(15-8-9-15)12-14-6-4-13(2)5-7-14/h1,4-7,15,17H,8-12H2,2H3. The first kappa shape index (κ1) is 13.6. The molecule has 0 bridgehead atoms. The van der Waals surface area contributed by atoms with Crippen molar-refractivity contribution in [2.45, 2.75) is 32.4 Å². The van der Waals surface area contributed by atoms with Crippen molar-refractivity contribution in [2.24, 2.45) is 0 Å². The molecule has 0 atom stereocenters. The van der Waals surface area contributed by atoms with Crippen LogP contribution in [-0.2, 0) is 11.3 Å². The first-order chi connectivity index (χ1) is 9.20. The Morgan fingerprint density at radius 2 is 2.11 bits per heavy atom. The van der Waals surface area contributed by atoms with Crippen LogP contribution < -0.4 is 5.32 Å². The minimum atomic E-state index is 0.137. The molecule has 1 aliphatic rings. The van der Waals surface area contributed by atoms with E-state index in [2.05, 4.69) is 42.4 Å². The lowest BCUT2D eigenvalue weighted by atomic mass is 10.1. The molecule has 3 heteroatoms. The third kappa shape index (κ3) is 4.11. The van der Waals surface area contributed by atoms with Crippen molar-refractivity contribution < 1.29 is 4.79 Å². The van der Waals surface area contributed by atoms with Crippen LogP contribution in [0.25, 0.3) is 0 Å². The van der Waals surface area contributed by atoms with Gasteiger partial charge in [0.25, 0.3) is 0 Å². The van der Waals surface area contributed by atoms with Crippen LogP contribution in [0.4, 0.5) is 0 Å². The fourth-order valence-electron chi connectivity index (χ4n) is 2.04. The molecule has 0 unspecified atom stereocenters. The Morgan fingerprint density at radius 3 is 2.68 bits per heavy atom. The van der Waals surface area contributed by atoms with E-state index in [1.807, 2.05) is 4.90 Å². The predicted molar refractivity (Wildman–Crippen MR) is 76.5 cm³/mol. The van der Waals surface area contributed by atoms with Gasteiger partial charge in [0.15, 0.2) is 0 Å². The second kappa shape index (κ2) is 6.40. The minimum Gasteiger partial charge on any atom is -0.334 e. The van der Waals surface area contributed by atoms with Gasteiger partial charge in [0.05, 0.1) is 13.1 Å². The molecule has 2 rings (SSSR count). The SMILES string of the molecule is C#CCNCC(=O)N(Cc1ccc(C)cc1)C1CC1. The highest BCUT2D eigenvalue weighted by Gasteiger charge is 2.32. The van der Waals surface area contributed by atoms with Crippen LogP contribution in [0.1, 0.15) is 24.0 Å². The average molecular weight is 256 g/mol. The molecule has 1 aliphatic carbocycles. The van der Waals surface area contributed by atoms with Crippen LogP contribution >= 0.6 is 0 Å². The minimum absolute atomic E-state index is 0.137. The fourth-order valence-corrected chi connectivity index (χ4v) is 2.04. The van der Waals surface area contributed by atoms with Gasteiger partial charge in [-0.1, -0.05) is 35.7 Å². The molecule has 0 spiro atoms. The van der Waals surface area contributed by atoms with Gasteiger partial charge in [-0.05, 0) is 25.3 Å². The highest BCUT2D eigenvalue weighted by Crippen LogP contribution is 2.28. The molecule has 1 amide bonds. The lowest BCUT2D eigenvalue weighted by Gasteiger charge is -2.22. The van der Waals surface area contributed by atoms with Crippen LogP contribution in [0.2, 0.25) is 0 Å². The van der Waals surface area contributed by atoms with E-state index in [4.69, 9.17) is 6.42 Å². The Kier molecular flexibility index (Phi) is 4.59. The van der Waals surface area contributed by atoms with Gasteiger partial charge in [0, 0.05) is 12.6 Å². The monoisotopic (exact) mass is 256 g/mol. The number of benzene rings is 1. The molecular formula is C16H20N2O. The summed E-state index contributed by atoms with van der Waals surface area (Å²) in [5.74, 6) is 2.62. The van der Waals surface area contributed by atoms with Crippen LogP contribution in [0, 0.1) is 19.3 Å². The van der Waals surface area contributed by atoms with Crippen molar-refractivity contribution in [1.29, 1.82) is 0 Å². The topological polar surface area (TPSA) is 32.3 Å². The van der Waals surface area contributed by atoms with E-state index < -0.39 is 0 Å². The summed E-state index contributed by atoms with van der Waals surface area (Å²) in [5.41, 5.74) is 2.42. The molecular weight excluding hydrogens is 236 g/mol. The second-order valence-corrected chi connectivity index (χ2v) is 5.05. The summed E-state index contributed by atoms with van der Waals surface area (Å²) in [7, 11) is 0. The van der Waals surface area contributed by atoms with Gasteiger partial charge in [-0.25, -0.2) is 0 Å². The van der Waals surface area contributed by atoms with E-state index in [9.17, 15) is 4.79 Å². The lowest BCUT2D eigenvalue weighted by molar-refractivity contribution is -0.131. The highest BCUT2D eigenvalue weighted by molar-refractivity contribution is 5.79. The number of hydrogen-bond donors (Lipinski definition) is 1. The summed E-state index contributed by atoms with van der Waals surface area (Å²) in [4.78, 5) is 14.1. The maximum atomic E-state index is 12.2. The summed E-state index contributed by atoms with van der Waals surface area (Å²) in [6.07, 6.45) is 7.40. The number of rotatable bonds is 6. The normalized spacial score (nSPS) is 13.9. The Morgan fingerprint density at radius 1 is 1.42 bits per heavy atom. The molecule has 1 saturated carbocycles. The van der Waals surface area contributed by atoms with Crippen LogP contribution in [0.3, 0.4) is 0 Å². The fraction of sp³-hybridized carbons (Fsp3) is 0.438. The third-order valence-electron chi connectivity index (χ3n) is 3.28. The molecule has 1 fully saturated rings. The molecule has 3 nitrogen and oxygen atoms in total. The molecule has 0 heterocycles. The van der Waals surface area contributed by atoms with E-state index in [1.165, 1.54) is 11.1 Å². The Hall–Kier alpha value is -1.79. The van der Waals surface area contributed by atoms with Crippen molar-refractivity contribution in [3.63, 3.8) is 0 Å². The van der Waals surface area contributed by atoms with Gasteiger partial charge in [-0.2, -0.15) is 0 Å². The number of terminal acetylenes is 1. The summed E-state index contributed by atoms with van der Waals surface area (Å²) >= 11 is 0. The van der Waals surface area contributed by atoms with Crippen LogP contribution in [0.15, 0.2) is 24.3 Å². The molecule has 0 aromatic heterocycles. The Balaban J connectivity index is 1.94. The van der Waals surface area contributed by atoms with Gasteiger partial charge < -0.3 is 4.90 Å². The van der Waals surface area contributed by atoms with E-state index >= 15 is 0 Å². The number of carbonyl (C=O) groups excluding carboxylic acids is 1. The van der Waals surface area contributed by atoms with Crippen molar-refractivity contribution >= 4 is 5.91 Å². The molecule has 100 valence electrons. The molecule has 1 aromatic rings. The van der Waals surface area contributed by atoms with Crippen molar-refractivity contribution in [3.05, 3.63) is 35.4 Å². The number of nitrogens with zero attached hydrogens (tertiary/aromatic N) is 1. The smallest absolute Gasteiger partial charge is 0.237 e. The first-order valence-corrected chi connectivity index (χ1v) is 6.70. The first-order valence-electron chi connectivity index (χ1n) is 6.70. The summed E-state index contributed by atoms with van der Waals surface area (Å²) in [5, 5.41) is 2.97. The van der Waals surface area contributed by atoms with E-state index in [-0.39, 0.29) is 5.91 Å². The summed E-state index contributed by atoms with van der Waals surface area (Å²) < 4.78 is 0. The van der Waals surface area contributed by atoms with Gasteiger partial charge in [-0.15, -0.1) is 6.42 Å². The summed E-state index contributed by atoms with van der Waals surface area (Å²) in [6.45, 7) is 3.53. The average Bonchev–Trinajstić information content (AvgIpc) is 3.22. The van der Waals surface area contributed by atoms with Crippen LogP contribution in [-0.4, -0.2) is 29.9 Å². The molecule has 19 heavy (non-hydrogen) atoms. The second-order valence-electron chi connectivity index (χ2n) is 5.05. The molecule has 0 radical (unpaired) electrons. The highest BCUT2D eigenvalue weighted by atomic mass is 16.2. The van der Waals surface area contributed by atoms with Gasteiger partial charge in [0.2, 0.25) is 5.91 Å². The van der Waals surface area contributed by atoms with Crippen molar-refractivity contribution in [2.75, 3.05) is 13.1 Å². The van der Waals surface area contributed by atoms with E-state index in [0.29, 0.717) is 25.7 Å². The maximum absolute atomic E-state index is 12.2. The number of hydrogen-bond acceptors (Lipinski definition) is 2. The lowest BCUT2D eigenvalue weighted by Crippen LogP contribution is -2.39. The molecule has 1 aromatic carbocycles. The quantitative estimate of drug-likeness (QED) is 0.621. The van der Waals surface area contributed by atoms with Gasteiger partial charge in [-0.3, -0.25) is 10.1 Å². The number of aryl methyl sites for hydroxylation is 1. The zero-order valence-electron chi connectivity index (χ0n) is 11.4. The molecule has 1 N–H and O–H groups in total. The van der Waals surface area contributed by atoms with Gasteiger partial charge >= 0.3 is 0 Å². The third-order valence-corrected chi connectivity index (χ3v) is 3.28. The zero-order chi connectivity index (χ0) is 13.7. The van der Waals surface area contributed by atoms with E-state index in [0.717, 1.165) is 12.8 Å². The van der Waals surface area contributed by atoms with Gasteiger partial charge in [0.1, 0.15) is 0 Å². The Bertz CT molecular complexity index is 469. The number of amides is 1. The maximum Gasteiger partial charge on any atom is 0.237 e. The number of carbonyl (C=O) groups is 1. The predicted octanol–water partition coefficient (Wildman–Crippen LogP) is 1.71. The largest absolute Gasteiger partial charge is 0.334 e. The van der Waals surface area contributed by atoms with Crippen LogP contribution in [0.5, 0.6) is 0 Å². The molecule has 0 saturated heterocycles. The summed E-state index contributed by atoms with van der Waals surface area (Å²) in [6, 6.07) is 8.77. The molecule has 0 aliphatic heterocycles. The zero-order valence-corrected chi connectivity index (χ0v) is 11.4.